The largest absolute Gasteiger partial charge is 0.493 e. The highest BCUT2D eigenvalue weighted by molar-refractivity contribution is 5.29. The van der Waals surface area contributed by atoms with Crippen molar-refractivity contribution in [3.63, 3.8) is 0 Å². The molecule has 0 atom stereocenters. The number of aryl methyl sites for hydroxylation is 1. The van der Waals surface area contributed by atoms with Gasteiger partial charge in [-0.15, -0.1) is 0 Å². The number of methoxy groups -OCH3 is 1. The molecule has 1 N–H and O–H groups in total. The van der Waals surface area contributed by atoms with Gasteiger partial charge in [0.1, 0.15) is 0 Å². The van der Waals surface area contributed by atoms with E-state index in [4.69, 9.17) is 4.74 Å². The predicted molar refractivity (Wildman–Crippen MR) is 63.9 cm³/mol. The van der Waals surface area contributed by atoms with Gasteiger partial charge < -0.3 is 10.1 Å². The fraction of sp³-hybridized carbons (Fsp3) is 0.750. The van der Waals surface area contributed by atoms with E-state index in [1.807, 2.05) is 6.20 Å². The van der Waals surface area contributed by atoms with E-state index < -0.39 is 0 Å². The Hall–Kier alpha value is -1.03. The maximum Gasteiger partial charge on any atom is 0.160 e. The standard InChI is InChI=1S/C12H21N3O/c1-3-8-15-12(11(16-2)9-14-15)10-4-6-13-7-5-10/h9-10,13H,3-8H2,1-2H3. The van der Waals surface area contributed by atoms with Gasteiger partial charge >= 0.3 is 0 Å². The first kappa shape index (κ1) is 11.5. The van der Waals surface area contributed by atoms with Crippen LogP contribution >= 0.6 is 0 Å². The van der Waals surface area contributed by atoms with Crippen molar-refractivity contribution in [1.82, 2.24) is 15.1 Å². The third kappa shape index (κ3) is 2.21. The Morgan fingerprint density at radius 3 is 2.88 bits per heavy atom. The zero-order chi connectivity index (χ0) is 11.4. The number of nitrogens with zero attached hydrogens (tertiary/aromatic N) is 2. The molecule has 1 aliphatic heterocycles. The molecule has 4 heteroatoms. The molecule has 2 rings (SSSR count). The second-order valence-corrected chi connectivity index (χ2v) is 4.35. The molecule has 1 aliphatic rings. The van der Waals surface area contributed by atoms with Crippen molar-refractivity contribution in [3.8, 4) is 5.75 Å². The van der Waals surface area contributed by atoms with Crippen LogP contribution in [0.3, 0.4) is 0 Å². The van der Waals surface area contributed by atoms with Gasteiger partial charge in [0.15, 0.2) is 5.75 Å². The second kappa shape index (κ2) is 5.34. The van der Waals surface area contributed by atoms with Crippen LogP contribution in [0.5, 0.6) is 5.75 Å². The number of rotatable bonds is 4. The highest BCUT2D eigenvalue weighted by Crippen LogP contribution is 2.32. The highest BCUT2D eigenvalue weighted by atomic mass is 16.5. The Kier molecular flexibility index (Phi) is 3.83. The fourth-order valence-corrected chi connectivity index (χ4v) is 2.43. The molecule has 1 aromatic rings. The molecule has 0 spiro atoms. The minimum Gasteiger partial charge on any atom is -0.493 e. The minimum absolute atomic E-state index is 0.602. The number of hydrogen-bond acceptors (Lipinski definition) is 3. The molecule has 90 valence electrons. The highest BCUT2D eigenvalue weighted by Gasteiger charge is 2.23. The summed E-state index contributed by atoms with van der Waals surface area (Å²) in [5, 5.41) is 7.82. The Labute approximate surface area is 97.0 Å². The molecule has 0 radical (unpaired) electrons. The first-order chi connectivity index (χ1) is 7.86. The van der Waals surface area contributed by atoms with Gasteiger partial charge in [-0.25, -0.2) is 0 Å². The summed E-state index contributed by atoms with van der Waals surface area (Å²) in [5.41, 5.74) is 1.30. The molecule has 0 saturated carbocycles. The Morgan fingerprint density at radius 1 is 1.50 bits per heavy atom. The van der Waals surface area contributed by atoms with Crippen molar-refractivity contribution in [2.75, 3.05) is 20.2 Å². The van der Waals surface area contributed by atoms with Gasteiger partial charge in [0.05, 0.1) is 19.0 Å². The summed E-state index contributed by atoms with van der Waals surface area (Å²) in [6.45, 7) is 5.37. The van der Waals surface area contributed by atoms with E-state index in [2.05, 4.69) is 22.0 Å². The molecule has 2 heterocycles. The fourth-order valence-electron chi connectivity index (χ4n) is 2.43. The smallest absolute Gasteiger partial charge is 0.160 e. The van der Waals surface area contributed by atoms with Crippen molar-refractivity contribution in [2.45, 2.75) is 38.6 Å². The summed E-state index contributed by atoms with van der Waals surface area (Å²) in [6, 6.07) is 0. The maximum absolute atomic E-state index is 5.42. The van der Waals surface area contributed by atoms with E-state index >= 15 is 0 Å². The molecular formula is C12H21N3O. The van der Waals surface area contributed by atoms with Gasteiger partial charge in [0, 0.05) is 12.5 Å². The summed E-state index contributed by atoms with van der Waals surface area (Å²) in [5.74, 6) is 1.56. The number of piperidine rings is 1. The zero-order valence-electron chi connectivity index (χ0n) is 10.2. The van der Waals surface area contributed by atoms with Crippen LogP contribution in [-0.2, 0) is 6.54 Å². The Morgan fingerprint density at radius 2 is 2.25 bits per heavy atom. The number of nitrogens with one attached hydrogen (secondary N) is 1. The summed E-state index contributed by atoms with van der Waals surface area (Å²) < 4.78 is 7.54. The second-order valence-electron chi connectivity index (χ2n) is 4.35. The van der Waals surface area contributed by atoms with Crippen LogP contribution in [0.15, 0.2) is 6.20 Å². The average molecular weight is 223 g/mol. The van der Waals surface area contributed by atoms with Gasteiger partial charge in [-0.1, -0.05) is 6.92 Å². The molecule has 0 unspecified atom stereocenters. The van der Waals surface area contributed by atoms with E-state index in [0.717, 1.165) is 31.8 Å². The van der Waals surface area contributed by atoms with Crippen molar-refractivity contribution in [1.29, 1.82) is 0 Å². The number of ether oxygens (including phenoxy) is 1. The van der Waals surface area contributed by atoms with Crippen LogP contribution in [0.25, 0.3) is 0 Å². The molecular weight excluding hydrogens is 202 g/mol. The normalized spacial score (nSPS) is 17.6. The molecule has 1 aromatic heterocycles. The van der Waals surface area contributed by atoms with Crippen LogP contribution in [0, 0.1) is 0 Å². The van der Waals surface area contributed by atoms with Crippen LogP contribution < -0.4 is 10.1 Å². The van der Waals surface area contributed by atoms with Crippen LogP contribution in [0.4, 0.5) is 0 Å². The topological polar surface area (TPSA) is 39.1 Å². The summed E-state index contributed by atoms with van der Waals surface area (Å²) in [4.78, 5) is 0. The summed E-state index contributed by atoms with van der Waals surface area (Å²) in [6.07, 6.45) is 5.34. The van der Waals surface area contributed by atoms with Crippen molar-refractivity contribution >= 4 is 0 Å². The lowest BCUT2D eigenvalue weighted by molar-refractivity contribution is 0.379. The molecule has 0 aromatic carbocycles. The predicted octanol–water partition coefficient (Wildman–Crippen LogP) is 1.77. The van der Waals surface area contributed by atoms with Crippen molar-refractivity contribution in [2.24, 2.45) is 0 Å². The Bertz CT molecular complexity index is 329. The molecule has 0 bridgehead atoms. The lowest BCUT2D eigenvalue weighted by atomic mass is 9.94. The van der Waals surface area contributed by atoms with Gasteiger partial charge in [0.2, 0.25) is 0 Å². The Balaban J connectivity index is 2.23. The molecule has 1 fully saturated rings. The molecule has 1 saturated heterocycles. The lowest BCUT2D eigenvalue weighted by Crippen LogP contribution is -2.28. The lowest BCUT2D eigenvalue weighted by Gasteiger charge is -2.24. The van der Waals surface area contributed by atoms with Crippen molar-refractivity contribution < 1.29 is 4.74 Å². The minimum atomic E-state index is 0.602. The van der Waals surface area contributed by atoms with Crippen LogP contribution in [0.1, 0.15) is 37.8 Å². The third-order valence-corrected chi connectivity index (χ3v) is 3.23. The molecule has 4 nitrogen and oxygen atoms in total. The zero-order valence-corrected chi connectivity index (χ0v) is 10.2. The van der Waals surface area contributed by atoms with E-state index in [1.165, 1.54) is 18.5 Å². The monoisotopic (exact) mass is 223 g/mol. The molecule has 0 amide bonds. The van der Waals surface area contributed by atoms with Crippen LogP contribution in [0.2, 0.25) is 0 Å². The van der Waals surface area contributed by atoms with Crippen molar-refractivity contribution in [3.05, 3.63) is 11.9 Å². The van der Waals surface area contributed by atoms with E-state index in [1.54, 1.807) is 7.11 Å². The van der Waals surface area contributed by atoms with E-state index in [-0.39, 0.29) is 0 Å². The first-order valence-electron chi connectivity index (χ1n) is 6.17. The quantitative estimate of drug-likeness (QED) is 0.845. The SMILES string of the molecule is CCCn1ncc(OC)c1C1CCNCC1. The number of hydrogen-bond donors (Lipinski definition) is 1. The summed E-state index contributed by atoms with van der Waals surface area (Å²) in [7, 11) is 1.73. The van der Waals surface area contributed by atoms with Gasteiger partial charge in [-0.3, -0.25) is 4.68 Å². The summed E-state index contributed by atoms with van der Waals surface area (Å²) >= 11 is 0. The first-order valence-corrected chi connectivity index (χ1v) is 6.17. The van der Waals surface area contributed by atoms with Gasteiger partial charge in [-0.05, 0) is 32.4 Å². The average Bonchev–Trinajstić information content (AvgIpc) is 2.74. The maximum atomic E-state index is 5.42. The molecule has 16 heavy (non-hydrogen) atoms. The van der Waals surface area contributed by atoms with Crippen LogP contribution in [-0.4, -0.2) is 30.0 Å². The van der Waals surface area contributed by atoms with Gasteiger partial charge in [-0.2, -0.15) is 5.10 Å². The third-order valence-electron chi connectivity index (χ3n) is 3.23. The molecule has 0 aliphatic carbocycles. The number of aromatic nitrogens is 2. The van der Waals surface area contributed by atoms with Gasteiger partial charge in [0.25, 0.3) is 0 Å². The van der Waals surface area contributed by atoms with E-state index in [9.17, 15) is 0 Å². The van der Waals surface area contributed by atoms with E-state index in [0.29, 0.717) is 5.92 Å².